The highest BCUT2D eigenvalue weighted by Crippen LogP contribution is 2.43. The van der Waals surface area contributed by atoms with Gasteiger partial charge in [0.2, 0.25) is 5.91 Å². The lowest BCUT2D eigenvalue weighted by Gasteiger charge is -2.50. The smallest absolute Gasteiger partial charge is 0.411 e. The number of carbonyl (C=O) groups excluding carboxylic acids is 3. The molecule has 0 bridgehead atoms. The maximum absolute atomic E-state index is 13.3. The minimum atomic E-state index is -1.04. The van der Waals surface area contributed by atoms with E-state index in [-0.39, 0.29) is 37.6 Å². The predicted molar refractivity (Wildman–Crippen MR) is 129 cm³/mol. The average Bonchev–Trinajstić information content (AvgIpc) is 3.17. The summed E-state index contributed by atoms with van der Waals surface area (Å²) in [4.78, 5) is 47.7. The third-order valence-corrected chi connectivity index (χ3v) is 6.33. The Hall–Kier alpha value is -2.69. The van der Waals surface area contributed by atoms with E-state index in [1.165, 1.54) is 21.8 Å². The van der Waals surface area contributed by atoms with Gasteiger partial charge in [-0.15, -0.1) is 0 Å². The predicted octanol–water partition coefficient (Wildman–Crippen LogP) is 1.53. The van der Waals surface area contributed by atoms with E-state index >= 15 is 0 Å². The van der Waals surface area contributed by atoms with Crippen LogP contribution in [0.25, 0.3) is 0 Å². The summed E-state index contributed by atoms with van der Waals surface area (Å²) < 4.78 is 5.66. The maximum Gasteiger partial charge on any atom is 0.411 e. The zero-order chi connectivity index (χ0) is 26.0. The molecule has 10 heteroatoms. The van der Waals surface area contributed by atoms with Crippen LogP contribution >= 0.6 is 0 Å². The molecule has 2 heterocycles. The van der Waals surface area contributed by atoms with Gasteiger partial charge in [0.1, 0.15) is 23.8 Å². The van der Waals surface area contributed by atoms with Gasteiger partial charge in [0, 0.05) is 26.7 Å². The van der Waals surface area contributed by atoms with Crippen LogP contribution < -0.4 is 5.32 Å². The van der Waals surface area contributed by atoms with Gasteiger partial charge >= 0.3 is 6.09 Å². The van der Waals surface area contributed by atoms with Gasteiger partial charge in [0.25, 0.3) is 5.91 Å². The van der Waals surface area contributed by atoms with Crippen molar-refractivity contribution in [2.75, 3.05) is 27.2 Å². The van der Waals surface area contributed by atoms with Crippen LogP contribution in [0.1, 0.15) is 46.1 Å². The number of rotatable bonds is 8. The molecule has 3 rings (SSSR count). The summed E-state index contributed by atoms with van der Waals surface area (Å²) >= 11 is 0. The quantitative estimate of drug-likeness (QED) is 0.532. The van der Waals surface area contributed by atoms with Crippen molar-refractivity contribution in [1.82, 2.24) is 20.2 Å². The van der Waals surface area contributed by atoms with E-state index in [9.17, 15) is 19.5 Å². The molecule has 2 fully saturated rings. The first kappa shape index (κ1) is 26.9. The van der Waals surface area contributed by atoms with Crippen molar-refractivity contribution in [3.8, 4) is 0 Å². The van der Waals surface area contributed by atoms with E-state index in [1.807, 2.05) is 30.3 Å². The highest BCUT2D eigenvalue weighted by molar-refractivity contribution is 5.95. The number of β-lactam (4-membered cyclic amide) rings is 1. The average molecular weight is 491 g/mol. The van der Waals surface area contributed by atoms with E-state index in [0.29, 0.717) is 12.8 Å². The van der Waals surface area contributed by atoms with Crippen molar-refractivity contribution < 1.29 is 29.1 Å². The second kappa shape index (κ2) is 10.5. The summed E-state index contributed by atoms with van der Waals surface area (Å²) in [6.07, 6.45) is -0.496. The fourth-order valence-electron chi connectivity index (χ4n) is 4.55. The van der Waals surface area contributed by atoms with Crippen LogP contribution in [-0.4, -0.2) is 94.4 Å². The molecular formula is C25H38N4O6. The number of amides is 3. The van der Waals surface area contributed by atoms with E-state index in [0.717, 1.165) is 5.56 Å². The summed E-state index contributed by atoms with van der Waals surface area (Å²) in [6.45, 7) is 7.59. The van der Waals surface area contributed by atoms with Crippen molar-refractivity contribution in [3.63, 3.8) is 0 Å². The SMILES string of the molecule is C[C@@H](O)[C@H](NCC1CCC2(CN(OCc3ccccc3)C2=O)N1C(=O)OC(C)(C)C)C(=O)N(C)C. The Labute approximate surface area is 207 Å². The molecular weight excluding hydrogens is 452 g/mol. The highest BCUT2D eigenvalue weighted by Gasteiger charge is 2.64. The summed E-state index contributed by atoms with van der Waals surface area (Å²) in [6, 6.07) is 8.32. The second-order valence-electron chi connectivity index (χ2n) is 10.5. The largest absolute Gasteiger partial charge is 0.444 e. The fraction of sp³-hybridized carbons (Fsp3) is 0.640. The third-order valence-electron chi connectivity index (χ3n) is 6.33. The van der Waals surface area contributed by atoms with Crippen molar-refractivity contribution >= 4 is 17.9 Å². The van der Waals surface area contributed by atoms with E-state index in [1.54, 1.807) is 34.9 Å². The third kappa shape index (κ3) is 5.94. The molecule has 0 aromatic heterocycles. The van der Waals surface area contributed by atoms with Crippen LogP contribution in [0.15, 0.2) is 30.3 Å². The number of hydrogen-bond acceptors (Lipinski definition) is 7. The summed E-state index contributed by atoms with van der Waals surface area (Å²) in [5, 5.41) is 14.5. The Bertz CT molecular complexity index is 916. The molecule has 194 valence electrons. The standard InChI is InChI=1S/C25H38N4O6/c1-17(30)20(21(31)27(5)6)26-14-19-12-13-25(29(19)23(33)35-24(2,3)4)16-28(22(25)32)34-15-18-10-8-7-9-11-18/h7-11,17,19-20,26,30H,12-16H2,1-6H3/t17-,19?,20+,25?/m1/s1. The Morgan fingerprint density at radius 3 is 2.46 bits per heavy atom. The van der Waals surface area contributed by atoms with Gasteiger partial charge in [0.15, 0.2) is 0 Å². The van der Waals surface area contributed by atoms with Crippen LogP contribution in [0.3, 0.4) is 0 Å². The molecule has 2 unspecified atom stereocenters. The number of nitrogens with zero attached hydrogens (tertiary/aromatic N) is 3. The van der Waals surface area contributed by atoms with Gasteiger partial charge in [-0.2, -0.15) is 0 Å². The molecule has 1 spiro atoms. The van der Waals surface area contributed by atoms with Crippen molar-refractivity contribution in [2.45, 2.75) is 76.5 Å². The lowest BCUT2D eigenvalue weighted by Crippen LogP contribution is -2.74. The second-order valence-corrected chi connectivity index (χ2v) is 10.5. The summed E-state index contributed by atoms with van der Waals surface area (Å²) in [7, 11) is 3.24. The lowest BCUT2D eigenvalue weighted by molar-refractivity contribution is -0.241. The van der Waals surface area contributed by atoms with E-state index < -0.39 is 29.4 Å². The van der Waals surface area contributed by atoms with Crippen molar-refractivity contribution in [1.29, 1.82) is 0 Å². The van der Waals surface area contributed by atoms with Crippen LogP contribution in [0, 0.1) is 0 Å². The molecule has 3 amide bonds. The zero-order valence-electron chi connectivity index (χ0n) is 21.5. The molecule has 1 aromatic rings. The zero-order valence-corrected chi connectivity index (χ0v) is 21.5. The fourth-order valence-corrected chi connectivity index (χ4v) is 4.55. The molecule has 1 aromatic carbocycles. The summed E-state index contributed by atoms with van der Waals surface area (Å²) in [5.41, 5.74) is -0.844. The molecule has 2 saturated heterocycles. The number of nitrogens with one attached hydrogen (secondary N) is 1. The molecule has 4 atom stereocenters. The number of hydroxylamine groups is 2. The van der Waals surface area contributed by atoms with Crippen molar-refractivity contribution in [3.05, 3.63) is 35.9 Å². The van der Waals surface area contributed by atoms with E-state index in [2.05, 4.69) is 5.32 Å². The maximum atomic E-state index is 13.3. The Kier molecular flexibility index (Phi) is 8.08. The van der Waals surface area contributed by atoms with Gasteiger partial charge in [-0.25, -0.2) is 9.86 Å². The Morgan fingerprint density at radius 2 is 1.91 bits per heavy atom. The molecule has 10 nitrogen and oxygen atoms in total. The highest BCUT2D eigenvalue weighted by atomic mass is 16.7. The first-order valence-corrected chi connectivity index (χ1v) is 12.0. The molecule has 0 radical (unpaired) electrons. The van der Waals surface area contributed by atoms with Gasteiger partial charge in [0.05, 0.1) is 12.6 Å². The van der Waals surface area contributed by atoms with Crippen LogP contribution in [0.4, 0.5) is 4.79 Å². The van der Waals surface area contributed by atoms with E-state index in [4.69, 9.17) is 9.57 Å². The van der Waals surface area contributed by atoms with Gasteiger partial charge < -0.3 is 20.1 Å². The first-order chi connectivity index (χ1) is 16.4. The molecule has 2 aliphatic heterocycles. The molecule has 0 aliphatic carbocycles. The van der Waals surface area contributed by atoms with Crippen LogP contribution in [-0.2, 0) is 25.8 Å². The number of hydrogen-bond donors (Lipinski definition) is 2. The topological polar surface area (TPSA) is 112 Å². The minimum Gasteiger partial charge on any atom is -0.444 e. The van der Waals surface area contributed by atoms with Crippen LogP contribution in [0.5, 0.6) is 0 Å². The van der Waals surface area contributed by atoms with Gasteiger partial charge in [-0.3, -0.25) is 19.3 Å². The lowest BCUT2D eigenvalue weighted by atomic mass is 9.88. The minimum absolute atomic E-state index is 0.230. The van der Waals surface area contributed by atoms with Gasteiger partial charge in [-0.1, -0.05) is 30.3 Å². The monoisotopic (exact) mass is 490 g/mol. The number of ether oxygens (including phenoxy) is 1. The first-order valence-electron chi connectivity index (χ1n) is 12.0. The Balaban J connectivity index is 1.74. The van der Waals surface area contributed by atoms with Crippen LogP contribution in [0.2, 0.25) is 0 Å². The number of aliphatic hydroxyl groups excluding tert-OH is 1. The normalized spacial score (nSPS) is 23.7. The molecule has 0 saturated carbocycles. The Morgan fingerprint density at radius 1 is 1.26 bits per heavy atom. The molecule has 2 aliphatic rings. The number of aliphatic hydroxyl groups is 1. The number of benzene rings is 1. The van der Waals surface area contributed by atoms with Crippen molar-refractivity contribution in [2.24, 2.45) is 0 Å². The molecule has 35 heavy (non-hydrogen) atoms. The molecule has 2 N–H and O–H groups in total. The number of carbonyl (C=O) groups is 3. The van der Waals surface area contributed by atoms with Gasteiger partial charge in [-0.05, 0) is 46.1 Å². The number of likely N-dealkylation sites (N-methyl/N-ethyl adjacent to an activating group) is 1. The number of likely N-dealkylation sites (tertiary alicyclic amines) is 1. The summed E-state index contributed by atoms with van der Waals surface area (Å²) in [5.74, 6) is -0.546.